The monoisotopic (exact) mass is 287 g/mol. The van der Waals surface area contributed by atoms with Crippen LogP contribution in [-0.2, 0) is 13.0 Å². The van der Waals surface area contributed by atoms with Gasteiger partial charge in [0.25, 0.3) is 0 Å². The van der Waals surface area contributed by atoms with Gasteiger partial charge in [0.1, 0.15) is 5.01 Å². The second kappa shape index (κ2) is 5.54. The minimum atomic E-state index is 0.716. The highest BCUT2D eigenvalue weighted by Gasteiger charge is 2.21. The number of aromatic nitrogens is 1. The SMILES string of the molecule is CC(C)CN1CCc2nc(-c3ccccc3N)sc2C1. The number of nitrogen functional groups attached to an aromatic ring is 1. The third kappa shape index (κ3) is 2.72. The highest BCUT2D eigenvalue weighted by atomic mass is 32.1. The van der Waals surface area contributed by atoms with Gasteiger partial charge in [-0.25, -0.2) is 4.98 Å². The van der Waals surface area contributed by atoms with Gasteiger partial charge in [0.05, 0.1) is 5.69 Å². The summed E-state index contributed by atoms with van der Waals surface area (Å²) in [6.45, 7) is 7.88. The summed E-state index contributed by atoms with van der Waals surface area (Å²) in [7, 11) is 0. The number of hydrogen-bond acceptors (Lipinski definition) is 4. The lowest BCUT2D eigenvalue weighted by atomic mass is 10.1. The van der Waals surface area contributed by atoms with E-state index in [2.05, 4.69) is 24.8 Å². The van der Waals surface area contributed by atoms with Crippen molar-refractivity contribution < 1.29 is 0 Å². The lowest BCUT2D eigenvalue weighted by molar-refractivity contribution is 0.228. The Morgan fingerprint density at radius 1 is 1.35 bits per heavy atom. The van der Waals surface area contributed by atoms with Gasteiger partial charge >= 0.3 is 0 Å². The van der Waals surface area contributed by atoms with Crippen LogP contribution in [0.15, 0.2) is 24.3 Å². The molecule has 1 aromatic carbocycles. The molecule has 0 amide bonds. The maximum atomic E-state index is 6.06. The van der Waals surface area contributed by atoms with Crippen LogP contribution in [0.3, 0.4) is 0 Å². The summed E-state index contributed by atoms with van der Waals surface area (Å²) < 4.78 is 0. The Morgan fingerprint density at radius 2 is 2.15 bits per heavy atom. The molecule has 0 radical (unpaired) electrons. The normalized spacial score (nSPS) is 15.6. The van der Waals surface area contributed by atoms with E-state index in [-0.39, 0.29) is 0 Å². The fourth-order valence-electron chi connectivity index (χ4n) is 2.73. The van der Waals surface area contributed by atoms with E-state index in [0.29, 0.717) is 5.92 Å². The highest BCUT2D eigenvalue weighted by molar-refractivity contribution is 7.15. The van der Waals surface area contributed by atoms with Crippen molar-refractivity contribution in [3.63, 3.8) is 0 Å². The smallest absolute Gasteiger partial charge is 0.125 e. The summed E-state index contributed by atoms with van der Waals surface area (Å²) in [5.41, 5.74) is 9.22. The maximum Gasteiger partial charge on any atom is 0.125 e. The van der Waals surface area contributed by atoms with Gasteiger partial charge < -0.3 is 5.73 Å². The number of nitrogens with two attached hydrogens (primary N) is 1. The third-order valence-electron chi connectivity index (χ3n) is 3.62. The molecule has 0 unspecified atom stereocenters. The predicted octanol–water partition coefficient (Wildman–Crippen LogP) is 3.41. The summed E-state index contributed by atoms with van der Waals surface area (Å²) >= 11 is 1.80. The summed E-state index contributed by atoms with van der Waals surface area (Å²) in [4.78, 5) is 8.75. The van der Waals surface area contributed by atoms with Gasteiger partial charge in [-0.05, 0) is 18.1 Å². The third-order valence-corrected chi connectivity index (χ3v) is 4.74. The fourth-order valence-corrected chi connectivity index (χ4v) is 3.93. The van der Waals surface area contributed by atoms with Crippen LogP contribution in [0.1, 0.15) is 24.4 Å². The number of nitrogens with zero attached hydrogens (tertiary/aromatic N) is 2. The molecule has 2 N–H and O–H groups in total. The van der Waals surface area contributed by atoms with Crippen molar-refractivity contribution in [2.45, 2.75) is 26.8 Å². The molecule has 0 aliphatic carbocycles. The molecule has 1 aliphatic rings. The molecular weight excluding hydrogens is 266 g/mol. The van der Waals surface area contributed by atoms with Gasteiger partial charge in [-0.3, -0.25) is 4.90 Å². The molecule has 1 aliphatic heterocycles. The average Bonchev–Trinajstić information content (AvgIpc) is 2.81. The van der Waals surface area contributed by atoms with Crippen molar-refractivity contribution in [1.29, 1.82) is 0 Å². The summed E-state index contributed by atoms with van der Waals surface area (Å²) in [6.07, 6.45) is 1.06. The fraction of sp³-hybridized carbons (Fsp3) is 0.438. The lowest BCUT2D eigenvalue weighted by Gasteiger charge is -2.27. The molecule has 0 saturated carbocycles. The molecule has 0 spiro atoms. The van der Waals surface area contributed by atoms with Crippen LogP contribution in [0.4, 0.5) is 5.69 Å². The molecule has 0 fully saturated rings. The topological polar surface area (TPSA) is 42.2 Å². The zero-order chi connectivity index (χ0) is 14.1. The Kier molecular flexibility index (Phi) is 3.76. The zero-order valence-corrected chi connectivity index (χ0v) is 12.9. The van der Waals surface area contributed by atoms with Crippen LogP contribution >= 0.6 is 11.3 Å². The number of para-hydroxylation sites is 1. The Labute approximate surface area is 124 Å². The van der Waals surface area contributed by atoms with E-state index in [9.17, 15) is 0 Å². The van der Waals surface area contributed by atoms with Crippen LogP contribution in [0.5, 0.6) is 0 Å². The van der Waals surface area contributed by atoms with E-state index in [1.807, 2.05) is 18.2 Å². The number of anilines is 1. The first-order chi connectivity index (χ1) is 9.63. The number of fused-ring (bicyclic) bond motifs is 1. The van der Waals surface area contributed by atoms with Crippen molar-refractivity contribution in [3.05, 3.63) is 34.8 Å². The second-order valence-electron chi connectivity index (χ2n) is 5.86. The highest BCUT2D eigenvalue weighted by Crippen LogP contribution is 2.34. The van der Waals surface area contributed by atoms with Crippen molar-refractivity contribution >= 4 is 17.0 Å². The van der Waals surface area contributed by atoms with Gasteiger partial charge in [-0.2, -0.15) is 0 Å². The number of rotatable bonds is 3. The van der Waals surface area contributed by atoms with Crippen LogP contribution < -0.4 is 5.73 Å². The maximum absolute atomic E-state index is 6.06. The number of hydrogen-bond donors (Lipinski definition) is 1. The van der Waals surface area contributed by atoms with Crippen LogP contribution in [-0.4, -0.2) is 23.0 Å². The quantitative estimate of drug-likeness (QED) is 0.880. The summed E-state index contributed by atoms with van der Waals surface area (Å²) in [5, 5.41) is 1.07. The molecule has 3 rings (SSSR count). The van der Waals surface area contributed by atoms with Crippen molar-refractivity contribution in [3.8, 4) is 10.6 Å². The van der Waals surface area contributed by atoms with Crippen LogP contribution in [0.2, 0.25) is 0 Å². The molecule has 2 heterocycles. The molecular formula is C16H21N3S. The first-order valence-electron chi connectivity index (χ1n) is 7.19. The van der Waals surface area contributed by atoms with E-state index in [0.717, 1.165) is 35.8 Å². The summed E-state index contributed by atoms with van der Waals surface area (Å²) in [6, 6.07) is 8.00. The molecule has 106 valence electrons. The molecule has 4 heteroatoms. The van der Waals surface area contributed by atoms with E-state index in [1.54, 1.807) is 11.3 Å². The molecule has 1 aromatic heterocycles. The first kappa shape index (κ1) is 13.6. The molecule has 3 nitrogen and oxygen atoms in total. The molecule has 20 heavy (non-hydrogen) atoms. The molecule has 2 aromatic rings. The van der Waals surface area contributed by atoms with E-state index < -0.39 is 0 Å². The Hall–Kier alpha value is -1.39. The largest absolute Gasteiger partial charge is 0.398 e. The van der Waals surface area contributed by atoms with E-state index in [4.69, 9.17) is 10.7 Å². The zero-order valence-electron chi connectivity index (χ0n) is 12.1. The number of benzene rings is 1. The van der Waals surface area contributed by atoms with Crippen LogP contribution in [0.25, 0.3) is 10.6 Å². The molecule has 0 bridgehead atoms. The Balaban J connectivity index is 1.85. The minimum absolute atomic E-state index is 0.716. The van der Waals surface area contributed by atoms with Crippen molar-refractivity contribution in [2.75, 3.05) is 18.8 Å². The second-order valence-corrected chi connectivity index (χ2v) is 6.94. The predicted molar refractivity (Wildman–Crippen MR) is 85.8 cm³/mol. The van der Waals surface area contributed by atoms with Gasteiger partial charge in [0, 0.05) is 42.2 Å². The molecule has 0 saturated heterocycles. The average molecular weight is 287 g/mol. The Bertz CT molecular complexity index is 604. The van der Waals surface area contributed by atoms with Gasteiger partial charge in [0.15, 0.2) is 0 Å². The van der Waals surface area contributed by atoms with Crippen LogP contribution in [0, 0.1) is 5.92 Å². The van der Waals surface area contributed by atoms with Gasteiger partial charge in [0.2, 0.25) is 0 Å². The van der Waals surface area contributed by atoms with E-state index in [1.165, 1.54) is 17.1 Å². The summed E-state index contributed by atoms with van der Waals surface area (Å²) in [5.74, 6) is 0.716. The first-order valence-corrected chi connectivity index (χ1v) is 8.01. The van der Waals surface area contributed by atoms with Gasteiger partial charge in [-0.1, -0.05) is 26.0 Å². The molecule has 0 atom stereocenters. The van der Waals surface area contributed by atoms with Crippen molar-refractivity contribution in [1.82, 2.24) is 9.88 Å². The Morgan fingerprint density at radius 3 is 2.90 bits per heavy atom. The standard InChI is InChI=1S/C16H21N3S/c1-11(2)9-19-8-7-14-15(10-19)20-16(18-14)12-5-3-4-6-13(12)17/h3-6,11H,7-10,17H2,1-2H3. The van der Waals surface area contributed by atoms with E-state index >= 15 is 0 Å². The number of thiazole rings is 1. The lowest BCUT2D eigenvalue weighted by Crippen LogP contribution is -2.32. The van der Waals surface area contributed by atoms with Crippen molar-refractivity contribution in [2.24, 2.45) is 5.92 Å². The van der Waals surface area contributed by atoms with Gasteiger partial charge in [-0.15, -0.1) is 11.3 Å². The minimum Gasteiger partial charge on any atom is -0.398 e.